The van der Waals surface area contributed by atoms with E-state index in [2.05, 4.69) is 5.32 Å². The summed E-state index contributed by atoms with van der Waals surface area (Å²) in [5, 5.41) is 2.89. The van der Waals surface area contributed by atoms with Gasteiger partial charge in [0, 0.05) is 25.9 Å². The molecule has 0 heterocycles. The summed E-state index contributed by atoms with van der Waals surface area (Å²) in [5.41, 5.74) is 3.24. The summed E-state index contributed by atoms with van der Waals surface area (Å²) in [6, 6.07) is 17.4. The number of aryl methyl sites for hydroxylation is 1. The number of hydrogen-bond donors (Lipinski definition) is 1. The lowest BCUT2D eigenvalue weighted by Crippen LogP contribution is -2.50. The quantitative estimate of drug-likeness (QED) is 0.791. The van der Waals surface area contributed by atoms with Crippen LogP contribution in [0.15, 0.2) is 54.6 Å². The Kier molecular flexibility index (Phi) is 7.39. The molecular weight excluding hydrogens is 324 g/mol. The largest absolute Gasteiger partial charge is 0.355 e. The molecule has 0 fully saturated rings. The summed E-state index contributed by atoms with van der Waals surface area (Å²) in [7, 11) is 0. The fourth-order valence-electron chi connectivity index (χ4n) is 2.94. The van der Waals surface area contributed by atoms with Crippen LogP contribution in [0.5, 0.6) is 0 Å². The Bertz CT molecular complexity index is 711. The second kappa shape index (κ2) is 9.76. The topological polar surface area (TPSA) is 49.4 Å². The third-order valence-corrected chi connectivity index (χ3v) is 4.40. The van der Waals surface area contributed by atoms with Crippen molar-refractivity contribution in [2.24, 2.45) is 0 Å². The highest BCUT2D eigenvalue weighted by molar-refractivity contribution is 5.87. The summed E-state index contributed by atoms with van der Waals surface area (Å²) < 4.78 is 0. The summed E-state index contributed by atoms with van der Waals surface area (Å²) in [6.45, 7) is 6.74. The smallest absolute Gasteiger partial charge is 0.243 e. The fraction of sp³-hybridized carbons (Fsp3) is 0.364. The lowest BCUT2D eigenvalue weighted by molar-refractivity contribution is -0.141. The van der Waals surface area contributed by atoms with Crippen LogP contribution < -0.4 is 5.32 Å². The number of nitrogens with one attached hydrogen (secondary N) is 1. The molecule has 2 aromatic rings. The number of carbonyl (C=O) groups is 2. The van der Waals surface area contributed by atoms with Crippen molar-refractivity contribution < 1.29 is 9.59 Å². The number of hydrogen-bond acceptors (Lipinski definition) is 2. The van der Waals surface area contributed by atoms with Crippen LogP contribution in [0.2, 0.25) is 0 Å². The Morgan fingerprint density at radius 1 is 0.962 bits per heavy atom. The SMILES string of the molecule is CCNC(=O)[C@@H](Cc1ccccc1)N(Cc1ccc(C)cc1)C(=O)CC. The van der Waals surface area contributed by atoms with E-state index in [9.17, 15) is 9.59 Å². The van der Waals surface area contributed by atoms with Gasteiger partial charge in [-0.25, -0.2) is 0 Å². The molecule has 2 amide bonds. The Labute approximate surface area is 156 Å². The number of nitrogens with zero attached hydrogens (tertiary/aromatic N) is 1. The van der Waals surface area contributed by atoms with Crippen molar-refractivity contribution in [3.05, 3.63) is 71.3 Å². The highest BCUT2D eigenvalue weighted by Crippen LogP contribution is 2.16. The summed E-state index contributed by atoms with van der Waals surface area (Å²) in [5.74, 6) is -0.122. The van der Waals surface area contributed by atoms with Gasteiger partial charge in [0.15, 0.2) is 0 Å². The Balaban J connectivity index is 2.31. The molecule has 0 unspecified atom stereocenters. The van der Waals surface area contributed by atoms with Crippen molar-refractivity contribution in [1.29, 1.82) is 0 Å². The van der Waals surface area contributed by atoms with Crippen molar-refractivity contribution in [3.63, 3.8) is 0 Å². The summed E-state index contributed by atoms with van der Waals surface area (Å²) in [4.78, 5) is 27.1. The molecule has 0 bridgehead atoms. The highest BCUT2D eigenvalue weighted by Gasteiger charge is 2.29. The van der Waals surface area contributed by atoms with Gasteiger partial charge in [-0.15, -0.1) is 0 Å². The monoisotopic (exact) mass is 352 g/mol. The van der Waals surface area contributed by atoms with Gasteiger partial charge in [0.1, 0.15) is 6.04 Å². The number of benzene rings is 2. The predicted molar refractivity (Wildman–Crippen MR) is 105 cm³/mol. The molecule has 0 aromatic heterocycles. The lowest BCUT2D eigenvalue weighted by atomic mass is 10.0. The molecule has 1 atom stereocenters. The first-order chi connectivity index (χ1) is 12.5. The van der Waals surface area contributed by atoms with Gasteiger partial charge in [0.25, 0.3) is 0 Å². The minimum Gasteiger partial charge on any atom is -0.355 e. The van der Waals surface area contributed by atoms with Crippen molar-refractivity contribution in [1.82, 2.24) is 10.2 Å². The van der Waals surface area contributed by atoms with Crippen LogP contribution >= 0.6 is 0 Å². The molecule has 0 aliphatic heterocycles. The van der Waals surface area contributed by atoms with Crippen LogP contribution in [0.3, 0.4) is 0 Å². The third-order valence-electron chi connectivity index (χ3n) is 4.40. The van der Waals surface area contributed by atoms with Gasteiger partial charge >= 0.3 is 0 Å². The molecule has 4 nitrogen and oxygen atoms in total. The van der Waals surface area contributed by atoms with E-state index >= 15 is 0 Å². The van der Waals surface area contributed by atoms with E-state index in [1.54, 1.807) is 4.90 Å². The molecule has 4 heteroatoms. The van der Waals surface area contributed by atoms with Crippen LogP contribution in [0.25, 0.3) is 0 Å². The van der Waals surface area contributed by atoms with Crippen LogP contribution in [0, 0.1) is 6.92 Å². The van der Waals surface area contributed by atoms with Crippen LogP contribution in [0.4, 0.5) is 0 Å². The van der Waals surface area contributed by atoms with Crippen molar-refractivity contribution >= 4 is 11.8 Å². The van der Waals surface area contributed by atoms with Gasteiger partial charge in [-0.2, -0.15) is 0 Å². The molecule has 0 radical (unpaired) electrons. The van der Waals surface area contributed by atoms with E-state index in [1.807, 2.05) is 75.4 Å². The first-order valence-electron chi connectivity index (χ1n) is 9.21. The average molecular weight is 352 g/mol. The number of likely N-dealkylation sites (N-methyl/N-ethyl adjacent to an activating group) is 1. The van der Waals surface area contributed by atoms with E-state index in [0.29, 0.717) is 25.9 Å². The Morgan fingerprint density at radius 2 is 1.62 bits per heavy atom. The van der Waals surface area contributed by atoms with E-state index < -0.39 is 6.04 Å². The lowest BCUT2D eigenvalue weighted by Gasteiger charge is -2.31. The maximum Gasteiger partial charge on any atom is 0.243 e. The molecule has 0 aliphatic rings. The zero-order valence-electron chi connectivity index (χ0n) is 15.9. The maximum absolute atomic E-state index is 12.7. The standard InChI is InChI=1S/C22H28N2O2/c1-4-21(25)24(16-19-13-11-17(3)12-14-19)20(22(26)23-5-2)15-18-9-7-6-8-10-18/h6-14,20H,4-5,15-16H2,1-3H3,(H,23,26)/t20-/m1/s1. The van der Waals surface area contributed by atoms with Crippen LogP contribution in [-0.4, -0.2) is 29.3 Å². The minimum atomic E-state index is -0.522. The van der Waals surface area contributed by atoms with Gasteiger partial charge in [-0.05, 0) is 25.0 Å². The zero-order chi connectivity index (χ0) is 18.9. The Morgan fingerprint density at radius 3 is 2.19 bits per heavy atom. The molecular formula is C22H28N2O2. The molecule has 2 rings (SSSR count). The molecule has 1 N–H and O–H groups in total. The van der Waals surface area contributed by atoms with Gasteiger partial charge < -0.3 is 10.2 Å². The van der Waals surface area contributed by atoms with Crippen LogP contribution in [0.1, 0.15) is 37.0 Å². The second-order valence-electron chi connectivity index (χ2n) is 6.46. The van der Waals surface area contributed by atoms with Gasteiger partial charge in [-0.3, -0.25) is 9.59 Å². The first-order valence-corrected chi connectivity index (χ1v) is 9.21. The molecule has 0 saturated carbocycles. The fourth-order valence-corrected chi connectivity index (χ4v) is 2.94. The number of rotatable bonds is 8. The van der Waals surface area contributed by atoms with E-state index in [1.165, 1.54) is 5.56 Å². The van der Waals surface area contributed by atoms with Gasteiger partial charge in [0.2, 0.25) is 11.8 Å². The normalized spacial score (nSPS) is 11.7. The Hall–Kier alpha value is -2.62. The van der Waals surface area contributed by atoms with Gasteiger partial charge in [-0.1, -0.05) is 67.1 Å². The molecule has 0 saturated heterocycles. The first kappa shape index (κ1) is 19.7. The molecule has 138 valence electrons. The van der Waals surface area contributed by atoms with Crippen molar-refractivity contribution in [3.8, 4) is 0 Å². The number of carbonyl (C=O) groups excluding carboxylic acids is 2. The van der Waals surface area contributed by atoms with Crippen LogP contribution in [-0.2, 0) is 22.6 Å². The highest BCUT2D eigenvalue weighted by atomic mass is 16.2. The summed E-state index contributed by atoms with van der Waals surface area (Å²) in [6.07, 6.45) is 0.876. The third kappa shape index (κ3) is 5.45. The molecule has 0 spiro atoms. The zero-order valence-corrected chi connectivity index (χ0v) is 15.9. The summed E-state index contributed by atoms with van der Waals surface area (Å²) >= 11 is 0. The predicted octanol–water partition coefficient (Wildman–Crippen LogP) is 3.48. The average Bonchev–Trinajstić information content (AvgIpc) is 2.66. The van der Waals surface area contributed by atoms with Crippen molar-refractivity contribution in [2.75, 3.05) is 6.54 Å². The van der Waals surface area contributed by atoms with E-state index in [4.69, 9.17) is 0 Å². The van der Waals surface area contributed by atoms with E-state index in [-0.39, 0.29) is 11.8 Å². The van der Waals surface area contributed by atoms with E-state index in [0.717, 1.165) is 11.1 Å². The second-order valence-corrected chi connectivity index (χ2v) is 6.46. The molecule has 26 heavy (non-hydrogen) atoms. The molecule has 2 aromatic carbocycles. The molecule has 0 aliphatic carbocycles. The van der Waals surface area contributed by atoms with Crippen molar-refractivity contribution in [2.45, 2.75) is 46.2 Å². The maximum atomic E-state index is 12.7. The van der Waals surface area contributed by atoms with Gasteiger partial charge in [0.05, 0.1) is 0 Å². The minimum absolute atomic E-state index is 0.0160. The number of amides is 2.